The summed E-state index contributed by atoms with van der Waals surface area (Å²) < 4.78 is 82.1. The lowest BCUT2D eigenvalue weighted by molar-refractivity contribution is -0.246. The van der Waals surface area contributed by atoms with Crippen molar-refractivity contribution < 1.29 is 61.1 Å². The number of hydrogen-bond acceptors (Lipinski definition) is 6. The maximum atomic E-state index is 12.9. The number of hydrogen-bond donors (Lipinski definition) is 5. The predicted octanol–water partition coefficient (Wildman–Crippen LogP) is 0.348. The minimum atomic E-state index is -5.26. The zero-order chi connectivity index (χ0) is 22.4. The topological polar surface area (TPSA) is 136 Å². The molecule has 1 saturated heterocycles. The van der Waals surface area contributed by atoms with Gasteiger partial charge in [0.2, 0.25) is 0 Å². The third-order valence-electron chi connectivity index (χ3n) is 4.08. The second-order valence-corrected chi connectivity index (χ2v) is 6.10. The van der Waals surface area contributed by atoms with Crippen LogP contribution in [0, 0.1) is 0 Å². The second-order valence-electron chi connectivity index (χ2n) is 6.10. The van der Waals surface area contributed by atoms with Gasteiger partial charge in [-0.05, 0) is 18.2 Å². The van der Waals surface area contributed by atoms with Crippen molar-refractivity contribution in [2.45, 2.75) is 36.4 Å². The molecule has 0 spiro atoms. The van der Waals surface area contributed by atoms with Crippen molar-refractivity contribution in [2.24, 2.45) is 0 Å². The first-order valence-corrected chi connectivity index (χ1v) is 7.63. The van der Waals surface area contributed by atoms with Crippen LogP contribution in [0.3, 0.4) is 0 Å². The number of carbonyl (C=O) groups is 2. The van der Waals surface area contributed by atoms with E-state index in [1.807, 2.05) is 0 Å². The van der Waals surface area contributed by atoms with E-state index < -0.39 is 71.6 Å². The Hall–Kier alpha value is -2.42. The van der Waals surface area contributed by atoms with Gasteiger partial charge >= 0.3 is 18.3 Å². The molecule has 162 valence electrons. The molecule has 1 aromatic carbocycles. The van der Waals surface area contributed by atoms with Crippen LogP contribution < -0.4 is 5.32 Å². The fourth-order valence-corrected chi connectivity index (χ4v) is 2.53. The van der Waals surface area contributed by atoms with Crippen LogP contribution in [0.5, 0.6) is 0 Å². The average Bonchev–Trinajstić information content (AvgIpc) is 2.60. The molecular weight excluding hydrogens is 420 g/mol. The lowest BCUT2D eigenvalue weighted by atomic mass is 9.93. The third-order valence-corrected chi connectivity index (χ3v) is 4.08. The Morgan fingerprint density at radius 1 is 1.00 bits per heavy atom. The van der Waals surface area contributed by atoms with Crippen LogP contribution >= 0.6 is 0 Å². The molecule has 4 unspecified atom stereocenters. The van der Waals surface area contributed by atoms with Gasteiger partial charge in [0, 0.05) is 5.56 Å². The van der Waals surface area contributed by atoms with E-state index in [4.69, 9.17) is 0 Å². The summed E-state index contributed by atoms with van der Waals surface area (Å²) in [4.78, 5) is 23.8. The summed E-state index contributed by atoms with van der Waals surface area (Å²) >= 11 is 0. The highest BCUT2D eigenvalue weighted by Crippen LogP contribution is 2.36. The molecule has 8 nitrogen and oxygen atoms in total. The quantitative estimate of drug-likeness (QED) is 0.434. The number of carboxylic acids is 1. The number of benzene rings is 1. The average molecular weight is 433 g/mol. The molecule has 4 atom stereocenters. The van der Waals surface area contributed by atoms with Gasteiger partial charge in [0.15, 0.2) is 0 Å². The van der Waals surface area contributed by atoms with E-state index in [1.165, 1.54) is 5.32 Å². The summed E-state index contributed by atoms with van der Waals surface area (Å²) in [6.07, 6.45) is -16.9. The Bertz CT molecular complexity index is 779. The molecule has 1 heterocycles. The minimum Gasteiger partial charge on any atom is -0.478 e. The van der Waals surface area contributed by atoms with Crippen molar-refractivity contribution in [3.8, 4) is 0 Å². The minimum absolute atomic E-state index is 0.0423. The van der Waals surface area contributed by atoms with E-state index in [0.717, 1.165) is 0 Å². The highest BCUT2D eigenvalue weighted by Gasteiger charge is 2.56. The summed E-state index contributed by atoms with van der Waals surface area (Å²) in [7, 11) is 0. The number of ether oxygens (including phenoxy) is 1. The summed E-state index contributed by atoms with van der Waals surface area (Å²) in [6.45, 7) is -0.915. The molecule has 2 rings (SSSR count). The van der Waals surface area contributed by atoms with Crippen molar-refractivity contribution in [3.63, 3.8) is 0 Å². The van der Waals surface area contributed by atoms with E-state index in [-0.39, 0.29) is 18.2 Å². The maximum absolute atomic E-state index is 12.9. The Kier molecular flexibility index (Phi) is 5.87. The number of aliphatic hydroxyl groups excluding tert-OH is 3. The Labute approximate surface area is 157 Å². The summed E-state index contributed by atoms with van der Waals surface area (Å²) in [5, 5.41) is 39.7. The molecule has 0 aliphatic carbocycles. The molecule has 1 aliphatic rings. The van der Waals surface area contributed by atoms with Crippen LogP contribution in [0.15, 0.2) is 18.2 Å². The number of nitrogens with one attached hydrogen (secondary N) is 1. The number of aliphatic hydroxyl groups is 3. The molecule has 0 bridgehead atoms. The predicted molar refractivity (Wildman–Crippen MR) is 78.3 cm³/mol. The molecule has 1 aromatic rings. The van der Waals surface area contributed by atoms with Gasteiger partial charge in [0.1, 0.15) is 18.3 Å². The smallest absolute Gasteiger partial charge is 0.416 e. The van der Waals surface area contributed by atoms with Gasteiger partial charge in [-0.2, -0.15) is 26.3 Å². The first kappa shape index (κ1) is 22.9. The van der Waals surface area contributed by atoms with Crippen LogP contribution in [0.2, 0.25) is 0 Å². The standard InChI is InChI=1S/C15H13F6NO7/c16-14(17,18)6-1-5(2-7(3-6)15(19,20)21)11(26)22-13(12(27)28)10(25)9(24)8(23)4-29-13/h1-3,8-10,23-25H,4H2,(H,22,26)(H,27,28). The molecular formula is C15H13F6NO7. The van der Waals surface area contributed by atoms with Crippen LogP contribution in [0.1, 0.15) is 21.5 Å². The number of alkyl halides is 6. The van der Waals surface area contributed by atoms with Gasteiger partial charge in [0.05, 0.1) is 17.7 Å². The van der Waals surface area contributed by atoms with Gasteiger partial charge in [-0.1, -0.05) is 0 Å². The van der Waals surface area contributed by atoms with Crippen molar-refractivity contribution in [1.82, 2.24) is 5.32 Å². The van der Waals surface area contributed by atoms with E-state index in [2.05, 4.69) is 4.74 Å². The molecule has 14 heteroatoms. The van der Waals surface area contributed by atoms with Gasteiger partial charge in [-0.25, -0.2) is 4.79 Å². The number of carbonyl (C=O) groups excluding carboxylic acids is 1. The lowest BCUT2D eigenvalue weighted by Crippen LogP contribution is -2.71. The summed E-state index contributed by atoms with van der Waals surface area (Å²) in [5.74, 6) is -3.89. The third kappa shape index (κ3) is 4.44. The zero-order valence-corrected chi connectivity index (χ0v) is 14.0. The molecule has 0 saturated carbocycles. The molecule has 5 N–H and O–H groups in total. The number of halogens is 6. The summed E-state index contributed by atoms with van der Waals surface area (Å²) in [5.41, 5.74) is -8.03. The number of amides is 1. The fraction of sp³-hybridized carbons (Fsp3) is 0.467. The monoisotopic (exact) mass is 433 g/mol. The molecule has 1 amide bonds. The number of aliphatic carboxylic acids is 1. The van der Waals surface area contributed by atoms with Crippen LogP contribution in [0.4, 0.5) is 26.3 Å². The number of carboxylic acid groups (broad SMARTS) is 1. The van der Waals surface area contributed by atoms with Crippen molar-refractivity contribution >= 4 is 11.9 Å². The van der Waals surface area contributed by atoms with Crippen LogP contribution in [0.25, 0.3) is 0 Å². The SMILES string of the molecule is O=C(NC1(C(=O)O)OCC(O)C(O)C1O)c1cc(C(F)(F)F)cc(C(F)(F)F)c1. The van der Waals surface area contributed by atoms with Crippen molar-refractivity contribution in [2.75, 3.05) is 6.61 Å². The van der Waals surface area contributed by atoms with Crippen LogP contribution in [-0.4, -0.2) is 62.9 Å². The first-order valence-electron chi connectivity index (χ1n) is 7.63. The van der Waals surface area contributed by atoms with Gasteiger partial charge < -0.3 is 30.5 Å². The Balaban J connectivity index is 2.49. The highest BCUT2D eigenvalue weighted by atomic mass is 19.4. The zero-order valence-electron chi connectivity index (χ0n) is 14.0. The van der Waals surface area contributed by atoms with Gasteiger partial charge in [0.25, 0.3) is 11.6 Å². The molecule has 1 fully saturated rings. The summed E-state index contributed by atoms with van der Waals surface area (Å²) in [6, 6.07) is -0.156. The lowest BCUT2D eigenvalue weighted by Gasteiger charge is -2.42. The van der Waals surface area contributed by atoms with Gasteiger partial charge in [-0.3, -0.25) is 4.79 Å². The Morgan fingerprint density at radius 3 is 1.90 bits per heavy atom. The fourth-order valence-electron chi connectivity index (χ4n) is 2.53. The largest absolute Gasteiger partial charge is 0.478 e. The molecule has 1 aliphatic heterocycles. The normalized spacial score (nSPS) is 28.1. The molecule has 29 heavy (non-hydrogen) atoms. The maximum Gasteiger partial charge on any atom is 0.416 e. The van der Waals surface area contributed by atoms with Gasteiger partial charge in [-0.15, -0.1) is 0 Å². The molecule has 0 radical (unpaired) electrons. The first-order chi connectivity index (χ1) is 13.1. The van der Waals surface area contributed by atoms with Crippen LogP contribution in [-0.2, 0) is 21.9 Å². The van der Waals surface area contributed by atoms with E-state index in [0.29, 0.717) is 0 Å². The number of rotatable bonds is 3. The van der Waals surface area contributed by atoms with Crippen molar-refractivity contribution in [3.05, 3.63) is 34.9 Å². The van der Waals surface area contributed by atoms with Crippen molar-refractivity contribution in [1.29, 1.82) is 0 Å². The Morgan fingerprint density at radius 2 is 1.48 bits per heavy atom. The highest BCUT2D eigenvalue weighted by molar-refractivity contribution is 5.98. The van der Waals surface area contributed by atoms with E-state index >= 15 is 0 Å². The van der Waals surface area contributed by atoms with E-state index in [9.17, 15) is 56.4 Å². The molecule has 0 aromatic heterocycles. The second kappa shape index (κ2) is 7.44. The van der Waals surface area contributed by atoms with E-state index in [1.54, 1.807) is 0 Å².